The van der Waals surface area contributed by atoms with Crippen LogP contribution in [0.2, 0.25) is 0 Å². The third-order valence-corrected chi connectivity index (χ3v) is 3.91. The van der Waals surface area contributed by atoms with Crippen LogP contribution in [-0.2, 0) is 23.8 Å². The van der Waals surface area contributed by atoms with E-state index in [2.05, 4.69) is 0 Å². The fourth-order valence-electron chi connectivity index (χ4n) is 2.71. The Kier molecular flexibility index (Phi) is 7.78. The van der Waals surface area contributed by atoms with Gasteiger partial charge >= 0.3 is 5.97 Å². The second kappa shape index (κ2) is 9.07. The molecule has 0 radical (unpaired) electrons. The molecule has 1 aliphatic heterocycles. The zero-order valence-corrected chi connectivity index (χ0v) is 13.7. The number of likely N-dealkylation sites (tertiary alicyclic amines) is 1. The van der Waals surface area contributed by atoms with Crippen molar-refractivity contribution in [2.75, 3.05) is 46.6 Å². The molecule has 1 amide bonds. The van der Waals surface area contributed by atoms with Gasteiger partial charge in [0, 0.05) is 26.8 Å². The smallest absolute Gasteiger partial charge is 0.313 e. The molecule has 1 rings (SSSR count). The van der Waals surface area contributed by atoms with Crippen LogP contribution in [-0.4, -0.2) is 74.6 Å². The molecule has 2 unspecified atom stereocenters. The van der Waals surface area contributed by atoms with E-state index in [1.165, 1.54) is 7.11 Å². The number of carboxylic acid groups (broad SMARTS) is 1. The first-order valence-corrected chi connectivity index (χ1v) is 7.67. The normalized spacial score (nSPS) is 23.3. The monoisotopic (exact) mass is 317 g/mol. The minimum atomic E-state index is -1.02. The van der Waals surface area contributed by atoms with Crippen molar-refractivity contribution < 1.29 is 28.9 Å². The standard InChI is InChI=1S/C15H27NO6/c1-4-21-8-9-22-12(2)13(17)16-7-5-6-15(10-16,11-20-3)14(18)19/h12H,4-11H2,1-3H3,(H,18,19). The summed E-state index contributed by atoms with van der Waals surface area (Å²) in [5.74, 6) is -1.10. The Balaban J connectivity index is 2.59. The molecule has 1 heterocycles. The number of rotatable bonds is 9. The van der Waals surface area contributed by atoms with Gasteiger partial charge in [0.25, 0.3) is 5.91 Å². The van der Waals surface area contributed by atoms with Crippen LogP contribution in [0.4, 0.5) is 0 Å². The molecule has 0 aliphatic carbocycles. The number of carbonyl (C=O) groups excluding carboxylic acids is 1. The van der Waals surface area contributed by atoms with Gasteiger partial charge in [-0.15, -0.1) is 0 Å². The van der Waals surface area contributed by atoms with Gasteiger partial charge in [0.2, 0.25) is 0 Å². The number of methoxy groups -OCH3 is 1. The number of carbonyl (C=O) groups is 2. The van der Waals surface area contributed by atoms with Crippen LogP contribution in [0, 0.1) is 5.41 Å². The molecule has 2 atom stereocenters. The van der Waals surface area contributed by atoms with Crippen molar-refractivity contribution in [1.82, 2.24) is 4.90 Å². The van der Waals surface area contributed by atoms with Crippen LogP contribution in [0.1, 0.15) is 26.7 Å². The first kappa shape index (κ1) is 18.9. The molecule has 1 aliphatic rings. The van der Waals surface area contributed by atoms with Gasteiger partial charge in [-0.2, -0.15) is 0 Å². The van der Waals surface area contributed by atoms with Crippen LogP contribution in [0.3, 0.4) is 0 Å². The Bertz CT molecular complexity index is 371. The zero-order valence-electron chi connectivity index (χ0n) is 13.7. The second-order valence-electron chi connectivity index (χ2n) is 5.59. The fourth-order valence-corrected chi connectivity index (χ4v) is 2.71. The fraction of sp³-hybridized carbons (Fsp3) is 0.867. The van der Waals surface area contributed by atoms with Crippen LogP contribution < -0.4 is 0 Å². The summed E-state index contributed by atoms with van der Waals surface area (Å²) in [6.45, 7) is 5.78. The van der Waals surface area contributed by atoms with E-state index in [9.17, 15) is 14.7 Å². The largest absolute Gasteiger partial charge is 0.481 e. The molecule has 0 aromatic rings. The van der Waals surface area contributed by atoms with Gasteiger partial charge < -0.3 is 24.2 Å². The zero-order chi connectivity index (χ0) is 16.6. The lowest BCUT2D eigenvalue weighted by molar-refractivity contribution is -0.162. The van der Waals surface area contributed by atoms with Crippen molar-refractivity contribution in [2.45, 2.75) is 32.8 Å². The molecule has 1 fully saturated rings. The number of carboxylic acids is 1. The number of hydrogen-bond acceptors (Lipinski definition) is 5. The van der Waals surface area contributed by atoms with E-state index in [0.29, 0.717) is 39.2 Å². The highest BCUT2D eigenvalue weighted by molar-refractivity contribution is 5.82. The number of piperidine rings is 1. The summed E-state index contributed by atoms with van der Waals surface area (Å²) in [6.07, 6.45) is 0.555. The van der Waals surface area contributed by atoms with Gasteiger partial charge in [0.15, 0.2) is 0 Å². The number of amides is 1. The summed E-state index contributed by atoms with van der Waals surface area (Å²) in [6, 6.07) is 0. The van der Waals surface area contributed by atoms with E-state index < -0.39 is 17.5 Å². The maximum atomic E-state index is 12.4. The quantitative estimate of drug-likeness (QED) is 0.632. The molecule has 7 nitrogen and oxygen atoms in total. The average Bonchev–Trinajstić information content (AvgIpc) is 2.51. The Labute approximate surface area is 131 Å². The van der Waals surface area contributed by atoms with Gasteiger partial charge in [0.1, 0.15) is 11.5 Å². The summed E-state index contributed by atoms with van der Waals surface area (Å²) in [5.41, 5.74) is -1.02. The molecular formula is C15H27NO6. The van der Waals surface area contributed by atoms with Crippen molar-refractivity contribution in [3.05, 3.63) is 0 Å². The molecular weight excluding hydrogens is 290 g/mol. The van der Waals surface area contributed by atoms with Crippen molar-refractivity contribution >= 4 is 11.9 Å². The Morgan fingerprint density at radius 1 is 1.36 bits per heavy atom. The van der Waals surface area contributed by atoms with E-state index in [0.717, 1.165) is 0 Å². The van der Waals surface area contributed by atoms with Crippen molar-refractivity contribution in [3.63, 3.8) is 0 Å². The summed E-state index contributed by atoms with van der Waals surface area (Å²) in [5, 5.41) is 9.49. The first-order chi connectivity index (χ1) is 10.5. The van der Waals surface area contributed by atoms with E-state index in [1.807, 2.05) is 6.92 Å². The summed E-state index contributed by atoms with van der Waals surface area (Å²) >= 11 is 0. The minimum absolute atomic E-state index is 0.103. The molecule has 1 saturated heterocycles. The predicted molar refractivity (Wildman–Crippen MR) is 79.7 cm³/mol. The van der Waals surface area contributed by atoms with Crippen molar-refractivity contribution in [2.24, 2.45) is 5.41 Å². The Morgan fingerprint density at radius 3 is 2.68 bits per heavy atom. The third kappa shape index (κ3) is 4.93. The highest BCUT2D eigenvalue weighted by Crippen LogP contribution is 2.31. The summed E-state index contributed by atoms with van der Waals surface area (Å²) < 4.78 is 15.7. The number of ether oxygens (including phenoxy) is 3. The van der Waals surface area contributed by atoms with Crippen LogP contribution in [0.5, 0.6) is 0 Å². The molecule has 0 spiro atoms. The lowest BCUT2D eigenvalue weighted by Gasteiger charge is -2.40. The SMILES string of the molecule is CCOCCOC(C)C(=O)N1CCCC(COC)(C(=O)O)C1. The lowest BCUT2D eigenvalue weighted by atomic mass is 9.80. The minimum Gasteiger partial charge on any atom is -0.481 e. The maximum absolute atomic E-state index is 12.4. The molecule has 22 heavy (non-hydrogen) atoms. The number of aliphatic carboxylic acids is 1. The van der Waals surface area contributed by atoms with E-state index >= 15 is 0 Å². The van der Waals surface area contributed by atoms with E-state index in [1.54, 1.807) is 11.8 Å². The maximum Gasteiger partial charge on any atom is 0.313 e. The topological polar surface area (TPSA) is 85.3 Å². The number of nitrogens with zero attached hydrogens (tertiary/aromatic N) is 1. The molecule has 7 heteroatoms. The Hall–Kier alpha value is -1.18. The average molecular weight is 317 g/mol. The number of hydrogen-bond donors (Lipinski definition) is 1. The molecule has 128 valence electrons. The second-order valence-corrected chi connectivity index (χ2v) is 5.59. The molecule has 0 aromatic carbocycles. The van der Waals surface area contributed by atoms with Gasteiger partial charge in [-0.25, -0.2) is 0 Å². The van der Waals surface area contributed by atoms with Gasteiger partial charge in [-0.3, -0.25) is 9.59 Å². The highest BCUT2D eigenvalue weighted by Gasteiger charge is 2.44. The van der Waals surface area contributed by atoms with E-state index in [4.69, 9.17) is 14.2 Å². The molecule has 0 aromatic heterocycles. The van der Waals surface area contributed by atoms with Gasteiger partial charge in [-0.1, -0.05) is 0 Å². The van der Waals surface area contributed by atoms with Crippen LogP contribution >= 0.6 is 0 Å². The molecule has 1 N–H and O–H groups in total. The summed E-state index contributed by atoms with van der Waals surface area (Å²) in [7, 11) is 1.48. The first-order valence-electron chi connectivity index (χ1n) is 7.67. The van der Waals surface area contributed by atoms with Crippen LogP contribution in [0.25, 0.3) is 0 Å². The highest BCUT2D eigenvalue weighted by atomic mass is 16.5. The molecule has 0 saturated carbocycles. The lowest BCUT2D eigenvalue weighted by Crippen LogP contribution is -2.54. The predicted octanol–water partition coefficient (Wildman–Crippen LogP) is 0.768. The van der Waals surface area contributed by atoms with Crippen molar-refractivity contribution in [1.29, 1.82) is 0 Å². The van der Waals surface area contributed by atoms with Gasteiger partial charge in [0.05, 0.1) is 19.8 Å². The van der Waals surface area contributed by atoms with Crippen molar-refractivity contribution in [3.8, 4) is 0 Å². The van der Waals surface area contributed by atoms with Crippen LogP contribution in [0.15, 0.2) is 0 Å². The van der Waals surface area contributed by atoms with E-state index in [-0.39, 0.29) is 19.1 Å². The van der Waals surface area contributed by atoms with Gasteiger partial charge in [-0.05, 0) is 26.7 Å². The molecule has 0 bridgehead atoms. The Morgan fingerprint density at radius 2 is 2.09 bits per heavy atom. The summed E-state index contributed by atoms with van der Waals surface area (Å²) in [4.78, 5) is 25.6. The third-order valence-electron chi connectivity index (χ3n) is 3.91.